The van der Waals surface area contributed by atoms with E-state index < -0.39 is 0 Å². The first kappa shape index (κ1) is 16.5. The van der Waals surface area contributed by atoms with Gasteiger partial charge >= 0.3 is 0 Å². The normalized spacial score (nSPS) is 14.5. The van der Waals surface area contributed by atoms with Crippen LogP contribution in [-0.2, 0) is 6.54 Å². The molecule has 0 aliphatic carbocycles. The van der Waals surface area contributed by atoms with Crippen LogP contribution in [0.25, 0.3) is 0 Å². The summed E-state index contributed by atoms with van der Waals surface area (Å²) in [4.78, 5) is 22.2. The maximum Gasteiger partial charge on any atom is 0.253 e. The molecule has 1 aromatic heterocycles. The molecular weight excluding hydrogens is 326 g/mol. The van der Waals surface area contributed by atoms with Gasteiger partial charge in [-0.1, -0.05) is 23.7 Å². The molecule has 0 saturated carbocycles. The summed E-state index contributed by atoms with van der Waals surface area (Å²) in [7, 11) is 0. The Morgan fingerprint density at radius 2 is 1.88 bits per heavy atom. The first-order valence-electron chi connectivity index (χ1n) is 8.04. The van der Waals surface area contributed by atoms with Crippen molar-refractivity contribution in [3.63, 3.8) is 0 Å². The molecule has 24 heavy (non-hydrogen) atoms. The Kier molecular flexibility index (Phi) is 5.15. The molecule has 3 N–H and O–H groups in total. The highest BCUT2D eigenvalue weighted by Crippen LogP contribution is 2.16. The van der Waals surface area contributed by atoms with Crippen LogP contribution in [0.5, 0.6) is 0 Å². The highest BCUT2D eigenvalue weighted by molar-refractivity contribution is 6.29. The molecule has 1 aliphatic heterocycles. The summed E-state index contributed by atoms with van der Waals surface area (Å²) in [6.45, 7) is 2.28. The van der Waals surface area contributed by atoms with Crippen molar-refractivity contribution >= 4 is 29.3 Å². The number of nitrogens with zero attached hydrogens (tertiary/aromatic N) is 3. The zero-order valence-corrected chi connectivity index (χ0v) is 14.1. The average Bonchev–Trinajstić information content (AvgIpc) is 2.60. The number of piperidine rings is 1. The summed E-state index contributed by atoms with van der Waals surface area (Å²) in [6.07, 6.45) is 3.41. The molecule has 7 heteroatoms. The second kappa shape index (κ2) is 7.49. The number of hydrogen-bond acceptors (Lipinski definition) is 5. The first-order valence-corrected chi connectivity index (χ1v) is 8.42. The number of nitrogens with one attached hydrogen (secondary N) is 1. The van der Waals surface area contributed by atoms with Crippen LogP contribution in [0.3, 0.4) is 0 Å². The molecular formula is C17H20ClN5O. The minimum Gasteiger partial charge on any atom is -0.368 e. The molecule has 3 rings (SSSR count). The van der Waals surface area contributed by atoms with Crippen LogP contribution in [0, 0.1) is 0 Å². The van der Waals surface area contributed by atoms with Gasteiger partial charge in [-0.25, -0.2) is 4.98 Å². The molecule has 1 aliphatic rings. The van der Waals surface area contributed by atoms with E-state index >= 15 is 0 Å². The van der Waals surface area contributed by atoms with Crippen molar-refractivity contribution in [1.29, 1.82) is 0 Å². The zero-order chi connectivity index (χ0) is 16.9. The maximum absolute atomic E-state index is 12.4. The Morgan fingerprint density at radius 3 is 2.54 bits per heavy atom. The Bertz CT molecular complexity index is 693. The number of carbonyl (C=O) groups excluding carboxylic acids is 1. The van der Waals surface area contributed by atoms with E-state index in [4.69, 9.17) is 17.3 Å². The van der Waals surface area contributed by atoms with Crippen LogP contribution in [0.1, 0.15) is 35.2 Å². The number of benzene rings is 1. The lowest BCUT2D eigenvalue weighted by Crippen LogP contribution is -2.35. The Balaban J connectivity index is 1.60. The largest absolute Gasteiger partial charge is 0.368 e. The number of nitrogen functional groups attached to an aromatic ring is 1. The number of likely N-dealkylation sites (tertiary alicyclic amines) is 1. The Morgan fingerprint density at radius 1 is 1.17 bits per heavy atom. The lowest BCUT2D eigenvalue weighted by Gasteiger charge is -2.26. The fourth-order valence-electron chi connectivity index (χ4n) is 2.76. The standard InChI is InChI=1S/C17H20ClN5O/c18-14-10-15(22-17(19)21-14)20-11-12-4-6-13(7-5-12)16(24)23-8-2-1-3-9-23/h4-7,10H,1-3,8-9,11H2,(H3,19,20,21,22). The van der Waals surface area contributed by atoms with E-state index in [1.54, 1.807) is 6.07 Å². The van der Waals surface area contributed by atoms with Crippen LogP contribution in [0.4, 0.5) is 11.8 Å². The van der Waals surface area contributed by atoms with Crippen molar-refractivity contribution < 1.29 is 4.79 Å². The quantitative estimate of drug-likeness (QED) is 0.832. The number of carbonyl (C=O) groups is 1. The Labute approximate surface area is 146 Å². The van der Waals surface area contributed by atoms with Crippen molar-refractivity contribution in [1.82, 2.24) is 14.9 Å². The number of halogens is 1. The molecule has 2 heterocycles. The van der Waals surface area contributed by atoms with E-state index in [1.165, 1.54) is 6.42 Å². The van der Waals surface area contributed by atoms with Crippen LogP contribution >= 0.6 is 11.6 Å². The first-order chi connectivity index (χ1) is 11.6. The second-order valence-electron chi connectivity index (χ2n) is 5.84. The minimum atomic E-state index is 0.115. The van der Waals surface area contributed by atoms with Crippen molar-refractivity contribution in [2.45, 2.75) is 25.8 Å². The molecule has 1 aromatic carbocycles. The average molecular weight is 346 g/mol. The van der Waals surface area contributed by atoms with Crippen molar-refractivity contribution in [3.8, 4) is 0 Å². The monoisotopic (exact) mass is 345 g/mol. The fraction of sp³-hybridized carbons (Fsp3) is 0.353. The minimum absolute atomic E-state index is 0.115. The summed E-state index contributed by atoms with van der Waals surface area (Å²) in [5.74, 6) is 0.818. The van der Waals surface area contributed by atoms with Gasteiger partial charge in [0.1, 0.15) is 11.0 Å². The van der Waals surface area contributed by atoms with Gasteiger partial charge in [-0.2, -0.15) is 4.98 Å². The molecule has 0 unspecified atom stereocenters. The number of amides is 1. The topological polar surface area (TPSA) is 84.1 Å². The predicted molar refractivity (Wildman–Crippen MR) is 95.0 cm³/mol. The number of hydrogen-bond donors (Lipinski definition) is 2. The molecule has 126 valence electrons. The number of rotatable bonds is 4. The van der Waals surface area contributed by atoms with E-state index in [9.17, 15) is 4.79 Å². The van der Waals surface area contributed by atoms with Gasteiger partial charge in [0.25, 0.3) is 5.91 Å². The van der Waals surface area contributed by atoms with Crippen LogP contribution in [0.2, 0.25) is 5.15 Å². The van der Waals surface area contributed by atoms with E-state index in [0.717, 1.165) is 37.1 Å². The molecule has 6 nitrogen and oxygen atoms in total. The van der Waals surface area contributed by atoms with Gasteiger partial charge in [0.2, 0.25) is 5.95 Å². The van der Waals surface area contributed by atoms with Gasteiger partial charge in [-0.15, -0.1) is 0 Å². The fourth-order valence-corrected chi connectivity index (χ4v) is 2.95. The number of anilines is 2. The van der Waals surface area contributed by atoms with Gasteiger partial charge < -0.3 is 16.0 Å². The van der Waals surface area contributed by atoms with Gasteiger partial charge in [0.15, 0.2) is 0 Å². The Hall–Kier alpha value is -2.34. The second-order valence-corrected chi connectivity index (χ2v) is 6.22. The van der Waals surface area contributed by atoms with Crippen molar-refractivity contribution in [2.75, 3.05) is 24.1 Å². The van der Waals surface area contributed by atoms with E-state index in [2.05, 4.69) is 15.3 Å². The van der Waals surface area contributed by atoms with Gasteiger partial charge in [-0.05, 0) is 37.0 Å². The summed E-state index contributed by atoms with van der Waals surface area (Å²) in [5.41, 5.74) is 7.34. The van der Waals surface area contributed by atoms with Crippen LogP contribution in [0.15, 0.2) is 30.3 Å². The molecule has 0 atom stereocenters. The third kappa shape index (κ3) is 4.14. The summed E-state index contributed by atoms with van der Waals surface area (Å²) in [5, 5.41) is 3.44. The van der Waals surface area contributed by atoms with Crippen molar-refractivity contribution in [3.05, 3.63) is 46.6 Å². The number of nitrogens with two attached hydrogens (primary N) is 1. The molecule has 0 spiro atoms. The highest BCUT2D eigenvalue weighted by atomic mass is 35.5. The van der Waals surface area contributed by atoms with E-state index in [1.807, 2.05) is 29.2 Å². The molecule has 1 saturated heterocycles. The molecule has 2 aromatic rings. The summed E-state index contributed by atoms with van der Waals surface area (Å²) >= 11 is 5.85. The third-order valence-corrected chi connectivity index (χ3v) is 4.22. The van der Waals surface area contributed by atoms with Gasteiger partial charge in [0, 0.05) is 31.3 Å². The van der Waals surface area contributed by atoms with E-state index in [0.29, 0.717) is 17.5 Å². The lowest BCUT2D eigenvalue weighted by atomic mass is 10.1. The SMILES string of the molecule is Nc1nc(Cl)cc(NCc2ccc(C(=O)N3CCCCC3)cc2)n1. The zero-order valence-electron chi connectivity index (χ0n) is 13.3. The van der Waals surface area contributed by atoms with Crippen LogP contribution in [-0.4, -0.2) is 33.9 Å². The third-order valence-electron chi connectivity index (χ3n) is 4.03. The summed E-state index contributed by atoms with van der Waals surface area (Å²) < 4.78 is 0. The molecule has 0 radical (unpaired) electrons. The maximum atomic E-state index is 12.4. The molecule has 1 amide bonds. The lowest BCUT2D eigenvalue weighted by molar-refractivity contribution is 0.0724. The smallest absolute Gasteiger partial charge is 0.253 e. The van der Waals surface area contributed by atoms with E-state index in [-0.39, 0.29) is 11.9 Å². The number of aromatic nitrogens is 2. The predicted octanol–water partition coefficient (Wildman–Crippen LogP) is 2.95. The molecule has 1 fully saturated rings. The van der Waals surface area contributed by atoms with Gasteiger partial charge in [-0.3, -0.25) is 4.79 Å². The molecule has 0 bridgehead atoms. The van der Waals surface area contributed by atoms with Gasteiger partial charge in [0.05, 0.1) is 0 Å². The summed E-state index contributed by atoms with van der Waals surface area (Å²) in [6, 6.07) is 9.24. The van der Waals surface area contributed by atoms with Crippen molar-refractivity contribution in [2.24, 2.45) is 0 Å². The van der Waals surface area contributed by atoms with Crippen LogP contribution < -0.4 is 11.1 Å². The highest BCUT2D eigenvalue weighted by Gasteiger charge is 2.17.